The van der Waals surface area contributed by atoms with Crippen LogP contribution in [0, 0.1) is 5.92 Å². The van der Waals surface area contributed by atoms with Crippen molar-refractivity contribution in [2.24, 2.45) is 11.7 Å². The third-order valence-electron chi connectivity index (χ3n) is 3.43. The molecule has 2 amide bonds. The van der Waals surface area contributed by atoms with Gasteiger partial charge in [-0.1, -0.05) is 12.1 Å². The Kier molecular flexibility index (Phi) is 4.37. The highest BCUT2D eigenvalue weighted by Gasteiger charge is 2.30. The minimum atomic E-state index is -1.05. The molecule has 110 valence electrons. The molecular formula is C15H16N2O4. The number of aliphatic carboxylic acids is 1. The monoisotopic (exact) mass is 288 g/mol. The second-order valence-electron chi connectivity index (χ2n) is 4.94. The van der Waals surface area contributed by atoms with Crippen molar-refractivity contribution < 1.29 is 19.5 Å². The maximum atomic E-state index is 12.3. The number of carboxylic acid groups (broad SMARTS) is 1. The topological polar surface area (TPSA) is 101 Å². The molecule has 0 saturated carbocycles. The lowest BCUT2D eigenvalue weighted by Crippen LogP contribution is -2.31. The molecule has 0 bridgehead atoms. The lowest BCUT2D eigenvalue weighted by atomic mass is 10.1. The second kappa shape index (κ2) is 6.21. The van der Waals surface area contributed by atoms with Crippen molar-refractivity contribution in [1.29, 1.82) is 0 Å². The van der Waals surface area contributed by atoms with Gasteiger partial charge in [-0.15, -0.1) is 0 Å². The number of carbonyl (C=O) groups is 3. The van der Waals surface area contributed by atoms with Crippen molar-refractivity contribution in [1.82, 2.24) is 4.90 Å². The van der Waals surface area contributed by atoms with Crippen LogP contribution in [-0.4, -0.2) is 40.9 Å². The average molecular weight is 288 g/mol. The van der Waals surface area contributed by atoms with Gasteiger partial charge in [-0.2, -0.15) is 0 Å². The molecule has 1 aromatic rings. The van der Waals surface area contributed by atoms with Crippen molar-refractivity contribution in [3.8, 4) is 0 Å². The molecule has 0 aromatic heterocycles. The van der Waals surface area contributed by atoms with Crippen molar-refractivity contribution in [2.75, 3.05) is 13.1 Å². The van der Waals surface area contributed by atoms with E-state index in [-0.39, 0.29) is 17.7 Å². The maximum absolute atomic E-state index is 12.3. The summed E-state index contributed by atoms with van der Waals surface area (Å²) >= 11 is 0. The SMILES string of the molecule is NC(=O)C1CCN(C(=O)c2cccc(/C=C/C(=O)O)c2)C1. The molecule has 1 unspecified atom stereocenters. The lowest BCUT2D eigenvalue weighted by Gasteiger charge is -2.16. The van der Waals surface area contributed by atoms with Gasteiger partial charge in [0.2, 0.25) is 5.91 Å². The van der Waals surface area contributed by atoms with Crippen LogP contribution >= 0.6 is 0 Å². The van der Waals surface area contributed by atoms with Crippen molar-refractivity contribution in [2.45, 2.75) is 6.42 Å². The van der Waals surface area contributed by atoms with Crippen molar-refractivity contribution in [3.05, 3.63) is 41.5 Å². The Bertz CT molecular complexity index is 609. The van der Waals surface area contributed by atoms with Crippen LogP contribution in [0.3, 0.4) is 0 Å². The van der Waals surface area contributed by atoms with Crippen LogP contribution in [0.15, 0.2) is 30.3 Å². The highest BCUT2D eigenvalue weighted by atomic mass is 16.4. The number of amides is 2. The molecule has 1 fully saturated rings. The van der Waals surface area contributed by atoms with Gasteiger partial charge in [0, 0.05) is 24.7 Å². The predicted molar refractivity (Wildman–Crippen MR) is 76.3 cm³/mol. The van der Waals surface area contributed by atoms with Gasteiger partial charge < -0.3 is 15.7 Å². The zero-order valence-electron chi connectivity index (χ0n) is 11.4. The number of likely N-dealkylation sites (tertiary alicyclic amines) is 1. The van der Waals surface area contributed by atoms with Crippen LogP contribution < -0.4 is 5.73 Å². The summed E-state index contributed by atoms with van der Waals surface area (Å²) in [5.41, 5.74) is 6.35. The van der Waals surface area contributed by atoms with Gasteiger partial charge in [0.1, 0.15) is 0 Å². The number of primary amides is 1. The normalized spacial score (nSPS) is 18.1. The summed E-state index contributed by atoms with van der Waals surface area (Å²) in [6, 6.07) is 6.69. The van der Waals surface area contributed by atoms with Crippen molar-refractivity contribution in [3.63, 3.8) is 0 Å². The summed E-state index contributed by atoms with van der Waals surface area (Å²) in [4.78, 5) is 35.6. The molecule has 2 rings (SSSR count). The molecule has 21 heavy (non-hydrogen) atoms. The molecule has 6 nitrogen and oxygen atoms in total. The number of carboxylic acids is 1. The largest absolute Gasteiger partial charge is 0.478 e. The van der Waals surface area contributed by atoms with E-state index in [1.165, 1.54) is 6.08 Å². The van der Waals surface area contributed by atoms with Gasteiger partial charge in [0.15, 0.2) is 0 Å². The summed E-state index contributed by atoms with van der Waals surface area (Å²) in [5, 5.41) is 8.60. The van der Waals surface area contributed by atoms with Crippen LogP contribution in [0.2, 0.25) is 0 Å². The average Bonchev–Trinajstić information content (AvgIpc) is 2.94. The molecule has 3 N–H and O–H groups in total. The van der Waals surface area contributed by atoms with Crippen LogP contribution in [0.1, 0.15) is 22.3 Å². The minimum absolute atomic E-state index is 0.177. The van der Waals surface area contributed by atoms with Crippen LogP contribution in [-0.2, 0) is 9.59 Å². The van der Waals surface area contributed by atoms with Crippen LogP contribution in [0.4, 0.5) is 0 Å². The zero-order valence-corrected chi connectivity index (χ0v) is 11.4. The van der Waals surface area contributed by atoms with Gasteiger partial charge in [0.05, 0.1) is 5.92 Å². The van der Waals surface area contributed by atoms with E-state index in [0.29, 0.717) is 30.6 Å². The quantitative estimate of drug-likeness (QED) is 0.797. The smallest absolute Gasteiger partial charge is 0.328 e. The third kappa shape index (κ3) is 3.68. The Morgan fingerprint density at radius 2 is 2.10 bits per heavy atom. The van der Waals surface area contributed by atoms with Gasteiger partial charge >= 0.3 is 5.97 Å². The van der Waals surface area contributed by atoms with E-state index in [0.717, 1.165) is 6.08 Å². The van der Waals surface area contributed by atoms with E-state index >= 15 is 0 Å². The van der Waals surface area contributed by atoms with Gasteiger partial charge in [-0.05, 0) is 30.2 Å². The number of carbonyl (C=O) groups excluding carboxylic acids is 2. The first-order valence-corrected chi connectivity index (χ1v) is 6.57. The molecule has 1 heterocycles. The number of hydrogen-bond acceptors (Lipinski definition) is 3. The Morgan fingerprint density at radius 3 is 2.71 bits per heavy atom. The number of hydrogen-bond donors (Lipinski definition) is 2. The fourth-order valence-electron chi connectivity index (χ4n) is 2.30. The number of rotatable bonds is 4. The summed E-state index contributed by atoms with van der Waals surface area (Å²) in [6.45, 7) is 0.838. The summed E-state index contributed by atoms with van der Waals surface area (Å²) in [5.74, 6) is -1.90. The Balaban J connectivity index is 2.11. The zero-order chi connectivity index (χ0) is 15.4. The molecule has 0 aliphatic carbocycles. The molecule has 0 radical (unpaired) electrons. The van der Waals surface area contributed by atoms with Gasteiger partial charge in [-0.3, -0.25) is 9.59 Å². The first kappa shape index (κ1) is 14.8. The first-order chi connectivity index (χ1) is 9.97. The summed E-state index contributed by atoms with van der Waals surface area (Å²) in [6.07, 6.45) is 3.03. The third-order valence-corrected chi connectivity index (χ3v) is 3.43. The van der Waals surface area contributed by atoms with Crippen LogP contribution in [0.5, 0.6) is 0 Å². The van der Waals surface area contributed by atoms with Crippen molar-refractivity contribution >= 4 is 23.9 Å². The van der Waals surface area contributed by atoms with E-state index in [4.69, 9.17) is 10.8 Å². The minimum Gasteiger partial charge on any atom is -0.478 e. The Labute approximate surface area is 121 Å². The van der Waals surface area contributed by atoms with E-state index in [9.17, 15) is 14.4 Å². The molecule has 1 aromatic carbocycles. The molecule has 1 aliphatic rings. The van der Waals surface area contributed by atoms with E-state index < -0.39 is 5.97 Å². The molecule has 6 heteroatoms. The molecule has 1 atom stereocenters. The lowest BCUT2D eigenvalue weighted by molar-refractivity contribution is -0.131. The fourth-order valence-corrected chi connectivity index (χ4v) is 2.30. The van der Waals surface area contributed by atoms with Gasteiger partial charge in [0.25, 0.3) is 5.91 Å². The molecular weight excluding hydrogens is 272 g/mol. The first-order valence-electron chi connectivity index (χ1n) is 6.57. The van der Waals surface area contributed by atoms with E-state index in [2.05, 4.69) is 0 Å². The molecule has 1 saturated heterocycles. The van der Waals surface area contributed by atoms with E-state index in [1.807, 2.05) is 0 Å². The number of nitrogens with zero attached hydrogens (tertiary/aromatic N) is 1. The summed E-state index contributed by atoms with van der Waals surface area (Å²) in [7, 11) is 0. The Hall–Kier alpha value is -2.63. The number of nitrogens with two attached hydrogens (primary N) is 1. The van der Waals surface area contributed by atoms with Crippen LogP contribution in [0.25, 0.3) is 6.08 Å². The Morgan fingerprint density at radius 1 is 1.33 bits per heavy atom. The fraction of sp³-hybridized carbons (Fsp3) is 0.267. The number of benzene rings is 1. The standard InChI is InChI=1S/C15H16N2O4/c16-14(20)12-6-7-17(9-12)15(21)11-3-1-2-10(8-11)4-5-13(18)19/h1-5,8,12H,6-7,9H2,(H2,16,20)(H,18,19)/b5-4+. The highest BCUT2D eigenvalue weighted by molar-refractivity contribution is 5.96. The highest BCUT2D eigenvalue weighted by Crippen LogP contribution is 2.19. The predicted octanol–water partition coefficient (Wildman–Crippen LogP) is 0.732. The molecule has 0 spiro atoms. The summed E-state index contributed by atoms with van der Waals surface area (Å²) < 4.78 is 0. The molecule has 1 aliphatic heterocycles. The second-order valence-corrected chi connectivity index (χ2v) is 4.94. The van der Waals surface area contributed by atoms with E-state index in [1.54, 1.807) is 29.2 Å². The maximum Gasteiger partial charge on any atom is 0.328 e. The van der Waals surface area contributed by atoms with Gasteiger partial charge in [-0.25, -0.2) is 4.79 Å².